The highest BCUT2D eigenvalue weighted by molar-refractivity contribution is 5.38. The van der Waals surface area contributed by atoms with Crippen LogP contribution in [0, 0.1) is 6.92 Å². The molecule has 0 amide bonds. The molecule has 2 aromatic rings. The Kier molecular flexibility index (Phi) is 5.87. The van der Waals surface area contributed by atoms with Crippen molar-refractivity contribution in [1.82, 2.24) is 14.8 Å². The average molecular weight is 372 g/mol. The van der Waals surface area contributed by atoms with Crippen molar-refractivity contribution >= 4 is 0 Å². The van der Waals surface area contributed by atoms with Crippen molar-refractivity contribution in [2.45, 2.75) is 26.3 Å². The molecule has 0 radical (unpaired) electrons. The summed E-state index contributed by atoms with van der Waals surface area (Å²) in [6.07, 6.45) is 9.24. The van der Waals surface area contributed by atoms with Gasteiger partial charge in [0.2, 0.25) is 0 Å². The second kappa shape index (κ2) is 8.70. The molecule has 2 aliphatic rings. The third-order valence-corrected chi connectivity index (χ3v) is 5.89. The average Bonchev–Trinajstić information content (AvgIpc) is 3.24. The Morgan fingerprint density at radius 1 is 1.07 bits per heavy atom. The van der Waals surface area contributed by atoms with Gasteiger partial charge in [-0.05, 0) is 59.9 Å². The lowest BCUT2D eigenvalue weighted by Crippen LogP contribution is -2.48. The number of rotatable bonds is 6. The van der Waals surface area contributed by atoms with Gasteiger partial charge in [-0.3, -0.25) is 14.8 Å². The second-order valence-corrected chi connectivity index (χ2v) is 7.69. The van der Waals surface area contributed by atoms with Crippen LogP contribution in [0.2, 0.25) is 0 Å². The molecule has 2 heterocycles. The van der Waals surface area contributed by atoms with Gasteiger partial charge in [-0.25, -0.2) is 0 Å². The van der Waals surface area contributed by atoms with Gasteiger partial charge in [-0.1, -0.05) is 37.3 Å². The van der Waals surface area contributed by atoms with Crippen LogP contribution < -0.4 is 0 Å². The summed E-state index contributed by atoms with van der Waals surface area (Å²) < 4.78 is 0. The molecule has 1 aliphatic heterocycles. The summed E-state index contributed by atoms with van der Waals surface area (Å²) in [7, 11) is 0. The fourth-order valence-electron chi connectivity index (χ4n) is 4.30. The molecule has 0 N–H and O–H groups in total. The topological polar surface area (TPSA) is 19.4 Å². The van der Waals surface area contributed by atoms with Crippen molar-refractivity contribution in [3.63, 3.8) is 0 Å². The molecule has 1 atom stereocenters. The number of piperazine rings is 1. The van der Waals surface area contributed by atoms with Crippen LogP contribution in [-0.4, -0.2) is 47.5 Å². The van der Waals surface area contributed by atoms with Crippen molar-refractivity contribution < 1.29 is 0 Å². The zero-order valence-corrected chi connectivity index (χ0v) is 16.9. The maximum absolute atomic E-state index is 4.86. The Morgan fingerprint density at radius 2 is 1.89 bits per heavy atom. The smallest absolute Gasteiger partial charge is 0.0782 e. The van der Waals surface area contributed by atoms with E-state index in [-0.39, 0.29) is 6.04 Å². The summed E-state index contributed by atoms with van der Waals surface area (Å²) in [5.74, 6) is 0. The lowest BCUT2D eigenvalue weighted by atomic mass is 9.93. The number of aromatic nitrogens is 1. The molecule has 1 unspecified atom stereocenters. The van der Waals surface area contributed by atoms with E-state index in [9.17, 15) is 0 Å². The highest BCUT2D eigenvalue weighted by Crippen LogP contribution is 2.32. The van der Waals surface area contributed by atoms with E-state index in [2.05, 4.69) is 77.9 Å². The number of pyridine rings is 1. The zero-order chi connectivity index (χ0) is 19.3. The molecule has 1 saturated heterocycles. The quantitative estimate of drug-likeness (QED) is 0.706. The van der Waals surface area contributed by atoms with Gasteiger partial charge in [0.1, 0.15) is 0 Å². The molecule has 0 spiro atoms. The van der Waals surface area contributed by atoms with E-state index in [1.165, 1.54) is 28.0 Å². The normalized spacial score (nSPS) is 18.4. The Balaban J connectivity index is 1.58. The number of allylic oxidation sites excluding steroid dienone is 1. The molecule has 1 aromatic heterocycles. The maximum atomic E-state index is 4.86. The van der Waals surface area contributed by atoms with E-state index >= 15 is 0 Å². The lowest BCUT2D eigenvalue weighted by Gasteiger charge is -2.40. The van der Waals surface area contributed by atoms with Gasteiger partial charge in [0.25, 0.3) is 0 Å². The Labute approximate surface area is 168 Å². The number of hydrogen-bond acceptors (Lipinski definition) is 3. The fraction of sp³-hybridized carbons (Fsp3) is 0.360. The van der Waals surface area contributed by atoms with Crippen LogP contribution in [-0.2, 0) is 6.42 Å². The van der Waals surface area contributed by atoms with Gasteiger partial charge in [0.05, 0.1) is 11.7 Å². The molecule has 3 heteroatoms. The minimum absolute atomic E-state index is 0.228. The van der Waals surface area contributed by atoms with Crippen molar-refractivity contribution in [3.8, 4) is 0 Å². The first-order valence-corrected chi connectivity index (χ1v) is 10.3. The Morgan fingerprint density at radius 3 is 2.61 bits per heavy atom. The largest absolute Gasteiger partial charge is 0.297 e. The van der Waals surface area contributed by atoms with Crippen LogP contribution in [0.4, 0.5) is 0 Å². The standard InChI is InChI=1S/C25H29N3/c1-3-22-12-8-14-26-24(22)25(23-13-7-4-9-20(23)2)28-17-15-27(16-18-28)19-21-10-5-6-11-21/h4-5,7-14,25H,3,15-19H2,1-2H3. The van der Waals surface area contributed by atoms with E-state index in [1.807, 2.05) is 12.3 Å². The summed E-state index contributed by atoms with van der Waals surface area (Å²) >= 11 is 0. The Hall–Kier alpha value is -2.45. The highest BCUT2D eigenvalue weighted by atomic mass is 15.3. The number of hydrogen-bond donors (Lipinski definition) is 0. The molecular weight excluding hydrogens is 342 g/mol. The van der Waals surface area contributed by atoms with Crippen LogP contribution in [0.5, 0.6) is 0 Å². The zero-order valence-electron chi connectivity index (χ0n) is 16.9. The lowest BCUT2D eigenvalue weighted by molar-refractivity contribution is 0.114. The first kappa shape index (κ1) is 18.9. The first-order valence-electron chi connectivity index (χ1n) is 10.3. The molecule has 3 nitrogen and oxygen atoms in total. The van der Waals surface area contributed by atoms with Crippen molar-refractivity contribution in [2.24, 2.45) is 0 Å². The van der Waals surface area contributed by atoms with Crippen LogP contribution in [0.25, 0.3) is 0 Å². The number of benzene rings is 1. The van der Waals surface area contributed by atoms with Gasteiger partial charge in [-0.2, -0.15) is 0 Å². The third-order valence-electron chi connectivity index (χ3n) is 5.89. The van der Waals surface area contributed by atoms with E-state index in [0.29, 0.717) is 0 Å². The van der Waals surface area contributed by atoms with Crippen molar-refractivity contribution in [1.29, 1.82) is 0 Å². The van der Waals surface area contributed by atoms with E-state index in [1.54, 1.807) is 0 Å². The molecule has 4 rings (SSSR count). The SMILES string of the molecule is CCc1cccnc1C(c1ccccc1C)N1CCN(CC2=CC=C=C2)CC1. The van der Waals surface area contributed by atoms with E-state index in [4.69, 9.17) is 4.98 Å². The van der Waals surface area contributed by atoms with Crippen molar-refractivity contribution in [2.75, 3.05) is 32.7 Å². The molecule has 144 valence electrons. The molecule has 0 saturated carbocycles. The Bertz CT molecular complexity index is 913. The van der Waals surface area contributed by atoms with E-state index < -0.39 is 0 Å². The predicted octanol–water partition coefficient (Wildman–Crippen LogP) is 4.31. The van der Waals surface area contributed by atoms with Gasteiger partial charge in [0.15, 0.2) is 0 Å². The van der Waals surface area contributed by atoms with E-state index in [0.717, 1.165) is 39.1 Å². The maximum Gasteiger partial charge on any atom is 0.0782 e. The predicted molar refractivity (Wildman–Crippen MR) is 115 cm³/mol. The molecule has 1 aliphatic carbocycles. The van der Waals surface area contributed by atoms with Crippen LogP contribution in [0.15, 0.2) is 72.1 Å². The summed E-state index contributed by atoms with van der Waals surface area (Å²) in [6, 6.07) is 13.3. The van der Waals surface area contributed by atoms with Crippen LogP contribution in [0.3, 0.4) is 0 Å². The summed E-state index contributed by atoms with van der Waals surface area (Å²) in [6.45, 7) is 9.76. The third kappa shape index (κ3) is 4.02. The molecule has 1 fully saturated rings. The fourth-order valence-corrected chi connectivity index (χ4v) is 4.30. The summed E-state index contributed by atoms with van der Waals surface area (Å²) in [4.78, 5) is 10.0. The van der Waals surface area contributed by atoms with Crippen molar-refractivity contribution in [3.05, 3.63) is 94.5 Å². The molecule has 0 bridgehead atoms. The highest BCUT2D eigenvalue weighted by Gasteiger charge is 2.29. The monoisotopic (exact) mass is 371 g/mol. The number of aryl methyl sites for hydroxylation is 2. The summed E-state index contributed by atoms with van der Waals surface area (Å²) in [5.41, 5.74) is 9.83. The van der Waals surface area contributed by atoms with Gasteiger partial charge in [0, 0.05) is 38.9 Å². The van der Waals surface area contributed by atoms with Crippen LogP contribution >= 0.6 is 0 Å². The van der Waals surface area contributed by atoms with Gasteiger partial charge in [-0.15, -0.1) is 5.73 Å². The van der Waals surface area contributed by atoms with Crippen LogP contribution in [0.1, 0.15) is 35.3 Å². The molecule has 1 aromatic carbocycles. The summed E-state index contributed by atoms with van der Waals surface area (Å²) in [5, 5.41) is 0. The second-order valence-electron chi connectivity index (χ2n) is 7.69. The number of nitrogens with zero attached hydrogens (tertiary/aromatic N) is 3. The molecular formula is C25H29N3. The van der Waals surface area contributed by atoms with Gasteiger partial charge >= 0.3 is 0 Å². The van der Waals surface area contributed by atoms with Gasteiger partial charge < -0.3 is 0 Å². The minimum Gasteiger partial charge on any atom is -0.297 e. The minimum atomic E-state index is 0.228. The molecule has 28 heavy (non-hydrogen) atoms. The first-order chi connectivity index (χ1) is 13.8.